The lowest BCUT2D eigenvalue weighted by molar-refractivity contribution is 0.122. The minimum absolute atomic E-state index is 0.373. The van der Waals surface area contributed by atoms with E-state index in [9.17, 15) is 4.79 Å². The van der Waals surface area contributed by atoms with E-state index >= 15 is 0 Å². The second-order valence-corrected chi connectivity index (χ2v) is 5.38. The molecule has 1 aliphatic heterocycles. The van der Waals surface area contributed by atoms with E-state index in [1.165, 1.54) is 5.69 Å². The standard InChI is InChI=1S/C18H20N4O2/c23-18(20-16-4-2-1-3-5-16)21-19-14-15-6-8-17(9-7-15)22-10-12-24-13-11-22/h1-9,14H,10-13H2,(H2,20,21,23)/b19-14+. The van der Waals surface area contributed by atoms with E-state index in [2.05, 4.69) is 32.9 Å². The molecule has 2 N–H and O–H groups in total. The van der Waals surface area contributed by atoms with E-state index < -0.39 is 0 Å². The number of morpholine rings is 1. The van der Waals surface area contributed by atoms with Gasteiger partial charge in [-0.3, -0.25) is 0 Å². The molecule has 1 heterocycles. The third-order valence-corrected chi connectivity index (χ3v) is 3.68. The van der Waals surface area contributed by atoms with Gasteiger partial charge in [-0.1, -0.05) is 30.3 Å². The smallest absolute Gasteiger partial charge is 0.339 e. The zero-order chi connectivity index (χ0) is 16.6. The Morgan fingerprint density at radius 2 is 1.75 bits per heavy atom. The van der Waals surface area contributed by atoms with Crippen LogP contribution in [0.25, 0.3) is 0 Å². The zero-order valence-electron chi connectivity index (χ0n) is 13.3. The summed E-state index contributed by atoms with van der Waals surface area (Å²) in [5.41, 5.74) is 5.27. The van der Waals surface area contributed by atoms with Crippen LogP contribution < -0.4 is 15.6 Å². The molecule has 0 saturated carbocycles. The summed E-state index contributed by atoms with van der Waals surface area (Å²) in [6.45, 7) is 3.36. The first-order valence-electron chi connectivity index (χ1n) is 7.89. The van der Waals surface area contributed by atoms with E-state index in [4.69, 9.17) is 4.74 Å². The fourth-order valence-corrected chi connectivity index (χ4v) is 2.44. The number of carbonyl (C=O) groups is 1. The van der Waals surface area contributed by atoms with Crippen LogP contribution in [0.3, 0.4) is 0 Å². The third kappa shape index (κ3) is 4.57. The Balaban J connectivity index is 1.50. The van der Waals surface area contributed by atoms with E-state index in [1.807, 2.05) is 42.5 Å². The molecule has 0 unspecified atom stereocenters. The highest BCUT2D eigenvalue weighted by Crippen LogP contribution is 2.15. The summed E-state index contributed by atoms with van der Waals surface area (Å²) in [5.74, 6) is 0. The van der Waals surface area contributed by atoms with Crippen molar-refractivity contribution in [2.45, 2.75) is 0 Å². The van der Waals surface area contributed by atoms with Crippen molar-refractivity contribution in [1.82, 2.24) is 5.43 Å². The third-order valence-electron chi connectivity index (χ3n) is 3.68. The van der Waals surface area contributed by atoms with Gasteiger partial charge in [-0.2, -0.15) is 5.10 Å². The number of ether oxygens (including phenoxy) is 1. The number of rotatable bonds is 4. The molecule has 0 aliphatic carbocycles. The van der Waals surface area contributed by atoms with Crippen LogP contribution in [0.5, 0.6) is 0 Å². The SMILES string of the molecule is O=C(N/N=C/c1ccc(N2CCOCC2)cc1)Nc1ccccc1. The van der Waals surface area contributed by atoms with Crippen molar-refractivity contribution in [2.75, 3.05) is 36.5 Å². The van der Waals surface area contributed by atoms with Crippen LogP contribution in [-0.4, -0.2) is 38.5 Å². The van der Waals surface area contributed by atoms with Crippen LogP contribution in [0.15, 0.2) is 59.7 Å². The normalized spacial score (nSPS) is 14.6. The molecule has 2 aromatic rings. The maximum Gasteiger partial charge on any atom is 0.339 e. The number of urea groups is 1. The molecule has 6 nitrogen and oxygen atoms in total. The van der Waals surface area contributed by atoms with Gasteiger partial charge in [-0.05, 0) is 29.8 Å². The summed E-state index contributed by atoms with van der Waals surface area (Å²) >= 11 is 0. The monoisotopic (exact) mass is 324 g/mol. The van der Waals surface area contributed by atoms with Crippen LogP contribution in [0, 0.1) is 0 Å². The topological polar surface area (TPSA) is 66.0 Å². The number of carbonyl (C=O) groups excluding carboxylic acids is 1. The van der Waals surface area contributed by atoms with Crippen LogP contribution >= 0.6 is 0 Å². The minimum atomic E-state index is -0.373. The molecule has 0 atom stereocenters. The molecule has 1 saturated heterocycles. The second kappa shape index (κ2) is 8.12. The number of hydrogen-bond donors (Lipinski definition) is 2. The van der Waals surface area contributed by atoms with Crippen molar-refractivity contribution < 1.29 is 9.53 Å². The van der Waals surface area contributed by atoms with Crippen molar-refractivity contribution >= 4 is 23.6 Å². The summed E-state index contributed by atoms with van der Waals surface area (Å²) < 4.78 is 5.35. The molecular formula is C18H20N4O2. The number of benzene rings is 2. The van der Waals surface area contributed by atoms with Gasteiger partial charge in [0.2, 0.25) is 0 Å². The average Bonchev–Trinajstić information content (AvgIpc) is 2.64. The van der Waals surface area contributed by atoms with Crippen LogP contribution in [0.1, 0.15) is 5.56 Å². The molecule has 3 rings (SSSR count). The Morgan fingerprint density at radius 1 is 1.04 bits per heavy atom. The highest BCUT2D eigenvalue weighted by atomic mass is 16.5. The fourth-order valence-electron chi connectivity index (χ4n) is 2.44. The number of amides is 2. The number of anilines is 2. The van der Waals surface area contributed by atoms with Gasteiger partial charge < -0.3 is 15.0 Å². The average molecular weight is 324 g/mol. The summed E-state index contributed by atoms with van der Waals surface area (Å²) in [6, 6.07) is 16.9. The Morgan fingerprint density at radius 3 is 2.46 bits per heavy atom. The molecule has 24 heavy (non-hydrogen) atoms. The predicted molar refractivity (Wildman–Crippen MR) is 95.7 cm³/mol. The van der Waals surface area contributed by atoms with Crippen molar-refractivity contribution in [3.05, 3.63) is 60.2 Å². The molecule has 0 bridgehead atoms. The lowest BCUT2D eigenvalue weighted by Gasteiger charge is -2.28. The highest BCUT2D eigenvalue weighted by Gasteiger charge is 2.10. The first-order valence-corrected chi connectivity index (χ1v) is 7.89. The predicted octanol–water partition coefficient (Wildman–Crippen LogP) is 2.68. The van der Waals surface area contributed by atoms with Gasteiger partial charge in [0.05, 0.1) is 19.4 Å². The number of nitrogens with zero attached hydrogens (tertiary/aromatic N) is 2. The first-order chi connectivity index (χ1) is 11.8. The van der Waals surface area contributed by atoms with Crippen LogP contribution in [0.2, 0.25) is 0 Å². The number of nitrogens with one attached hydrogen (secondary N) is 2. The Labute approximate surface area is 141 Å². The Kier molecular flexibility index (Phi) is 5.42. The van der Waals surface area contributed by atoms with E-state index in [0.29, 0.717) is 0 Å². The van der Waals surface area contributed by atoms with E-state index in [-0.39, 0.29) is 6.03 Å². The number of para-hydroxylation sites is 1. The van der Waals surface area contributed by atoms with Gasteiger partial charge in [-0.15, -0.1) is 0 Å². The summed E-state index contributed by atoms with van der Waals surface area (Å²) in [5, 5.41) is 6.66. The summed E-state index contributed by atoms with van der Waals surface area (Å²) in [6.07, 6.45) is 1.62. The first kappa shape index (κ1) is 16.0. The van der Waals surface area contributed by atoms with Crippen LogP contribution in [-0.2, 0) is 4.74 Å². The maximum atomic E-state index is 11.7. The van der Waals surface area contributed by atoms with Gasteiger partial charge in [0.25, 0.3) is 0 Å². The lowest BCUT2D eigenvalue weighted by atomic mass is 10.2. The van der Waals surface area contributed by atoms with Gasteiger partial charge in [0.15, 0.2) is 0 Å². The second-order valence-electron chi connectivity index (χ2n) is 5.38. The van der Waals surface area contributed by atoms with Gasteiger partial charge >= 0.3 is 6.03 Å². The molecule has 1 aliphatic rings. The quantitative estimate of drug-likeness (QED) is 0.671. The molecule has 2 aromatic carbocycles. The Bertz CT molecular complexity index is 680. The molecule has 124 valence electrons. The van der Waals surface area contributed by atoms with Crippen molar-refractivity contribution in [2.24, 2.45) is 5.10 Å². The molecule has 0 radical (unpaired) electrons. The largest absolute Gasteiger partial charge is 0.378 e. The van der Waals surface area contributed by atoms with Crippen molar-refractivity contribution in [3.63, 3.8) is 0 Å². The number of hydrogen-bond acceptors (Lipinski definition) is 4. The van der Waals surface area contributed by atoms with Crippen molar-refractivity contribution in [3.8, 4) is 0 Å². The maximum absolute atomic E-state index is 11.7. The minimum Gasteiger partial charge on any atom is -0.378 e. The van der Waals surface area contributed by atoms with Gasteiger partial charge in [-0.25, -0.2) is 10.2 Å². The molecule has 2 amide bonds. The molecule has 0 aromatic heterocycles. The van der Waals surface area contributed by atoms with Gasteiger partial charge in [0.1, 0.15) is 0 Å². The molecule has 6 heteroatoms. The van der Waals surface area contributed by atoms with E-state index in [0.717, 1.165) is 37.6 Å². The molecule has 1 fully saturated rings. The zero-order valence-corrected chi connectivity index (χ0v) is 13.3. The fraction of sp³-hybridized carbons (Fsp3) is 0.222. The van der Waals surface area contributed by atoms with Crippen molar-refractivity contribution in [1.29, 1.82) is 0 Å². The number of hydrazone groups is 1. The Hall–Kier alpha value is -2.86. The lowest BCUT2D eigenvalue weighted by Crippen LogP contribution is -2.36. The summed E-state index contributed by atoms with van der Waals surface area (Å²) in [7, 11) is 0. The van der Waals surface area contributed by atoms with E-state index in [1.54, 1.807) is 6.21 Å². The highest BCUT2D eigenvalue weighted by molar-refractivity contribution is 5.90. The summed E-state index contributed by atoms with van der Waals surface area (Å²) in [4.78, 5) is 14.0. The van der Waals surface area contributed by atoms with Crippen LogP contribution in [0.4, 0.5) is 16.2 Å². The molecule has 0 spiro atoms. The molecular weight excluding hydrogens is 304 g/mol. The van der Waals surface area contributed by atoms with Gasteiger partial charge in [0, 0.05) is 24.5 Å².